The number of carbonyl (C=O) groups excluding carboxylic acids is 2. The van der Waals surface area contributed by atoms with Gasteiger partial charge < -0.3 is 14.8 Å². The topological polar surface area (TPSA) is 154 Å². The van der Waals surface area contributed by atoms with E-state index in [-0.39, 0.29) is 29.5 Å². The standard InChI is InChI=1S/C18H25N3O8S/c1-11(2)10-16(17(23)19-15-8-9-28-18(15)29-12(3)22)20-30(26,27)14-6-4-13(5-7-14)21(24)25/h4-7,11,15-16,18,20H,8-10H2,1-3H3,(H,19,23)/t15-,16-,18-/m0/s1. The van der Waals surface area contributed by atoms with Crippen molar-refractivity contribution in [3.8, 4) is 0 Å². The van der Waals surface area contributed by atoms with Crippen LogP contribution >= 0.6 is 0 Å². The van der Waals surface area contributed by atoms with Crippen LogP contribution in [0.1, 0.15) is 33.6 Å². The van der Waals surface area contributed by atoms with Crippen molar-refractivity contribution in [1.29, 1.82) is 0 Å². The molecule has 1 fully saturated rings. The Labute approximate surface area is 174 Å². The molecule has 0 aromatic heterocycles. The highest BCUT2D eigenvalue weighted by atomic mass is 32.2. The Morgan fingerprint density at radius 1 is 1.30 bits per heavy atom. The van der Waals surface area contributed by atoms with Crippen LogP contribution in [0.4, 0.5) is 5.69 Å². The minimum Gasteiger partial charge on any atom is -0.434 e. The van der Waals surface area contributed by atoms with Gasteiger partial charge in [-0.2, -0.15) is 4.72 Å². The van der Waals surface area contributed by atoms with Crippen LogP contribution in [0, 0.1) is 16.0 Å². The number of esters is 1. The molecule has 0 radical (unpaired) electrons. The SMILES string of the molecule is CC(=O)O[C@@H]1OCC[C@@H]1NC(=O)[C@H](CC(C)C)NS(=O)(=O)c1ccc([N+](=O)[O-])cc1. The second-order valence-corrected chi connectivity index (χ2v) is 9.02. The largest absolute Gasteiger partial charge is 0.434 e. The van der Waals surface area contributed by atoms with Gasteiger partial charge in [0.2, 0.25) is 22.2 Å². The summed E-state index contributed by atoms with van der Waals surface area (Å²) in [5, 5.41) is 13.4. The van der Waals surface area contributed by atoms with Gasteiger partial charge in [-0.25, -0.2) is 8.42 Å². The Hall–Kier alpha value is -2.57. The van der Waals surface area contributed by atoms with E-state index >= 15 is 0 Å². The molecule has 11 nitrogen and oxygen atoms in total. The fraction of sp³-hybridized carbons (Fsp3) is 0.556. The second kappa shape index (κ2) is 9.96. The van der Waals surface area contributed by atoms with Gasteiger partial charge in [0, 0.05) is 19.1 Å². The van der Waals surface area contributed by atoms with Crippen LogP contribution in [-0.2, 0) is 29.1 Å². The lowest BCUT2D eigenvalue weighted by atomic mass is 10.0. The Kier molecular flexibility index (Phi) is 7.87. The van der Waals surface area contributed by atoms with Gasteiger partial charge in [0.15, 0.2) is 0 Å². The van der Waals surface area contributed by atoms with Crippen LogP contribution in [0.25, 0.3) is 0 Å². The van der Waals surface area contributed by atoms with Crippen molar-refractivity contribution in [2.75, 3.05) is 6.61 Å². The van der Waals surface area contributed by atoms with E-state index in [4.69, 9.17) is 9.47 Å². The van der Waals surface area contributed by atoms with Gasteiger partial charge >= 0.3 is 5.97 Å². The predicted octanol–water partition coefficient (Wildman–Crippen LogP) is 1.08. The molecule has 1 amide bonds. The first-order chi connectivity index (χ1) is 14.0. The van der Waals surface area contributed by atoms with Crippen molar-refractivity contribution in [3.63, 3.8) is 0 Å². The van der Waals surface area contributed by atoms with Crippen LogP contribution in [0.5, 0.6) is 0 Å². The summed E-state index contributed by atoms with van der Waals surface area (Å²) in [5.74, 6) is -1.15. The van der Waals surface area contributed by atoms with E-state index in [1.54, 1.807) is 0 Å². The van der Waals surface area contributed by atoms with Crippen LogP contribution in [0.15, 0.2) is 29.2 Å². The van der Waals surface area contributed by atoms with Crippen molar-refractivity contribution < 1.29 is 32.4 Å². The molecule has 0 aliphatic carbocycles. The Bertz CT molecular complexity index is 885. The number of benzene rings is 1. The molecule has 12 heteroatoms. The molecule has 2 rings (SSSR count). The summed E-state index contributed by atoms with van der Waals surface area (Å²) in [6, 6.07) is 2.67. The predicted molar refractivity (Wildman–Crippen MR) is 105 cm³/mol. The molecule has 1 aromatic rings. The number of sulfonamides is 1. The average Bonchev–Trinajstić information content (AvgIpc) is 3.06. The number of non-ortho nitro benzene ring substituents is 1. The van der Waals surface area contributed by atoms with Gasteiger partial charge in [-0.1, -0.05) is 13.8 Å². The van der Waals surface area contributed by atoms with E-state index in [1.807, 2.05) is 13.8 Å². The molecular weight excluding hydrogens is 418 g/mol. The van der Waals surface area contributed by atoms with Crippen LogP contribution in [-0.4, -0.2) is 50.2 Å². The number of nitro groups is 1. The molecule has 0 bridgehead atoms. The fourth-order valence-electron chi connectivity index (χ4n) is 2.95. The minimum atomic E-state index is -4.11. The van der Waals surface area contributed by atoms with E-state index in [1.165, 1.54) is 6.92 Å². The van der Waals surface area contributed by atoms with Crippen molar-refractivity contribution in [2.24, 2.45) is 5.92 Å². The Balaban J connectivity index is 2.15. The van der Waals surface area contributed by atoms with Crippen molar-refractivity contribution in [1.82, 2.24) is 10.0 Å². The summed E-state index contributed by atoms with van der Waals surface area (Å²) in [4.78, 5) is 33.9. The van der Waals surface area contributed by atoms with E-state index < -0.39 is 45.2 Å². The number of amides is 1. The Morgan fingerprint density at radius 2 is 1.93 bits per heavy atom. The molecule has 0 unspecified atom stereocenters. The molecule has 166 valence electrons. The summed E-state index contributed by atoms with van der Waals surface area (Å²) in [7, 11) is -4.11. The maximum atomic E-state index is 12.8. The van der Waals surface area contributed by atoms with Gasteiger partial charge in [-0.3, -0.25) is 19.7 Å². The zero-order valence-electron chi connectivity index (χ0n) is 16.9. The first-order valence-electron chi connectivity index (χ1n) is 9.35. The highest BCUT2D eigenvalue weighted by Gasteiger charge is 2.35. The number of hydrogen-bond donors (Lipinski definition) is 2. The van der Waals surface area contributed by atoms with Crippen molar-refractivity contribution in [3.05, 3.63) is 34.4 Å². The smallest absolute Gasteiger partial charge is 0.305 e. The third-order valence-corrected chi connectivity index (χ3v) is 5.82. The lowest BCUT2D eigenvalue weighted by Crippen LogP contribution is -2.52. The van der Waals surface area contributed by atoms with E-state index in [0.717, 1.165) is 24.3 Å². The molecule has 1 heterocycles. The molecule has 1 saturated heterocycles. The lowest BCUT2D eigenvalue weighted by molar-refractivity contribution is -0.384. The van der Waals surface area contributed by atoms with E-state index in [2.05, 4.69) is 10.0 Å². The normalized spacial score (nSPS) is 20.0. The number of carbonyl (C=O) groups is 2. The number of nitro benzene ring substituents is 1. The van der Waals surface area contributed by atoms with Crippen molar-refractivity contribution in [2.45, 2.75) is 56.9 Å². The third kappa shape index (κ3) is 6.47. The molecule has 3 atom stereocenters. The van der Waals surface area contributed by atoms with Gasteiger partial charge in [-0.15, -0.1) is 0 Å². The average molecular weight is 443 g/mol. The molecule has 0 spiro atoms. The summed E-state index contributed by atoms with van der Waals surface area (Å²) in [6.07, 6.45) is -0.311. The zero-order valence-corrected chi connectivity index (χ0v) is 17.7. The number of nitrogens with one attached hydrogen (secondary N) is 2. The second-order valence-electron chi connectivity index (χ2n) is 7.31. The maximum absolute atomic E-state index is 12.8. The number of rotatable bonds is 9. The molecule has 1 aromatic carbocycles. The summed E-state index contributed by atoms with van der Waals surface area (Å²) in [6.45, 7) is 5.17. The van der Waals surface area contributed by atoms with Gasteiger partial charge in [-0.05, 0) is 30.9 Å². The molecule has 1 aliphatic rings. The zero-order chi connectivity index (χ0) is 22.5. The summed E-state index contributed by atoms with van der Waals surface area (Å²) >= 11 is 0. The van der Waals surface area contributed by atoms with Gasteiger partial charge in [0.1, 0.15) is 6.04 Å². The lowest BCUT2D eigenvalue weighted by Gasteiger charge is -2.24. The Morgan fingerprint density at radius 3 is 2.47 bits per heavy atom. The minimum absolute atomic E-state index is 0.00981. The molecule has 2 N–H and O–H groups in total. The summed E-state index contributed by atoms with van der Waals surface area (Å²) < 4.78 is 38.1. The molecule has 0 saturated carbocycles. The van der Waals surface area contributed by atoms with Gasteiger partial charge in [0.25, 0.3) is 5.69 Å². The number of hydrogen-bond acceptors (Lipinski definition) is 8. The van der Waals surface area contributed by atoms with Crippen LogP contribution in [0.3, 0.4) is 0 Å². The van der Waals surface area contributed by atoms with E-state index in [0.29, 0.717) is 6.42 Å². The molecular formula is C18H25N3O8S. The number of ether oxygens (including phenoxy) is 2. The highest BCUT2D eigenvalue weighted by molar-refractivity contribution is 7.89. The van der Waals surface area contributed by atoms with E-state index in [9.17, 15) is 28.1 Å². The maximum Gasteiger partial charge on any atom is 0.305 e. The summed E-state index contributed by atoms with van der Waals surface area (Å²) in [5.41, 5.74) is -0.247. The highest BCUT2D eigenvalue weighted by Crippen LogP contribution is 2.19. The van der Waals surface area contributed by atoms with Gasteiger partial charge in [0.05, 0.1) is 22.5 Å². The monoisotopic (exact) mass is 443 g/mol. The molecule has 30 heavy (non-hydrogen) atoms. The third-order valence-electron chi connectivity index (χ3n) is 4.33. The van der Waals surface area contributed by atoms with Crippen molar-refractivity contribution >= 4 is 27.6 Å². The first-order valence-corrected chi connectivity index (χ1v) is 10.8. The quantitative estimate of drug-likeness (QED) is 0.326. The van der Waals surface area contributed by atoms with Crippen LogP contribution < -0.4 is 10.0 Å². The first kappa shape index (κ1) is 23.7. The fourth-order valence-corrected chi connectivity index (χ4v) is 4.16. The number of nitrogens with zero attached hydrogens (tertiary/aromatic N) is 1. The molecule has 1 aliphatic heterocycles. The van der Waals surface area contributed by atoms with Crippen LogP contribution in [0.2, 0.25) is 0 Å².